The van der Waals surface area contributed by atoms with E-state index in [1.165, 1.54) is 22.7 Å². The Labute approximate surface area is 116 Å². The van der Waals surface area contributed by atoms with Crippen LogP contribution in [0.2, 0.25) is 0 Å². The molecule has 1 N–H and O–H groups in total. The largest absolute Gasteiger partial charge is 0.273 e. The number of aryl methyl sites for hydroxylation is 2. The van der Waals surface area contributed by atoms with Crippen LogP contribution in [0.25, 0.3) is 0 Å². The maximum Gasteiger partial charge on any atom is 0.273 e. The molecule has 4 nitrogen and oxygen atoms in total. The van der Waals surface area contributed by atoms with Gasteiger partial charge >= 0.3 is 0 Å². The number of thiazole rings is 1. The molecule has 2 aromatic rings. The monoisotopic (exact) mass is 352 g/mol. The van der Waals surface area contributed by atoms with Gasteiger partial charge in [0.1, 0.15) is 4.21 Å². The number of halogens is 1. The number of hydrogen-bond donors (Lipinski definition) is 1. The summed E-state index contributed by atoms with van der Waals surface area (Å²) in [6.45, 7) is 3.76. The van der Waals surface area contributed by atoms with Crippen molar-refractivity contribution in [3.05, 3.63) is 26.5 Å². The first kappa shape index (κ1) is 13.0. The maximum atomic E-state index is 12.0. The van der Waals surface area contributed by atoms with E-state index in [1.54, 1.807) is 12.1 Å². The molecule has 2 aromatic heterocycles. The second-order valence-corrected chi connectivity index (χ2v) is 8.90. The molecule has 0 saturated heterocycles. The Bertz CT molecular complexity index is 626. The first-order chi connectivity index (χ1) is 7.88. The zero-order valence-electron chi connectivity index (χ0n) is 9.02. The Kier molecular flexibility index (Phi) is 3.58. The third kappa shape index (κ3) is 2.87. The summed E-state index contributed by atoms with van der Waals surface area (Å²) in [5.41, 5.74) is 0.847. The fraction of sp³-hybridized carbons (Fsp3) is 0.222. The van der Waals surface area contributed by atoms with Crippen LogP contribution >= 0.6 is 38.6 Å². The van der Waals surface area contributed by atoms with Crippen LogP contribution in [-0.2, 0) is 10.0 Å². The minimum Gasteiger partial charge on any atom is -0.254 e. The molecule has 0 aliphatic rings. The molecule has 92 valence electrons. The van der Waals surface area contributed by atoms with Crippen LogP contribution < -0.4 is 4.72 Å². The van der Waals surface area contributed by atoms with Crippen molar-refractivity contribution in [3.63, 3.8) is 0 Å². The molecule has 0 unspecified atom stereocenters. The number of hydrogen-bond acceptors (Lipinski definition) is 5. The molecule has 0 amide bonds. The van der Waals surface area contributed by atoms with Gasteiger partial charge in [-0.15, -0.1) is 22.7 Å². The van der Waals surface area contributed by atoms with Crippen LogP contribution in [-0.4, -0.2) is 13.4 Å². The molecule has 0 saturated carbocycles. The minimum atomic E-state index is -3.51. The number of nitrogens with zero attached hydrogens (tertiary/aromatic N) is 1. The molecule has 0 radical (unpaired) electrons. The van der Waals surface area contributed by atoms with Gasteiger partial charge in [-0.25, -0.2) is 13.4 Å². The number of nitrogens with one attached hydrogen (secondary N) is 1. The van der Waals surface area contributed by atoms with Crippen LogP contribution in [0.1, 0.15) is 10.6 Å². The first-order valence-electron chi connectivity index (χ1n) is 4.60. The summed E-state index contributed by atoms with van der Waals surface area (Å²) in [4.78, 5) is 5.16. The zero-order chi connectivity index (χ0) is 12.6. The van der Waals surface area contributed by atoms with Gasteiger partial charge in [-0.2, -0.15) is 0 Å². The fourth-order valence-electron chi connectivity index (χ4n) is 1.12. The summed E-state index contributed by atoms with van der Waals surface area (Å²) in [6.07, 6.45) is 0. The third-order valence-corrected chi connectivity index (χ3v) is 6.64. The van der Waals surface area contributed by atoms with Gasteiger partial charge in [0, 0.05) is 4.88 Å². The normalized spacial score (nSPS) is 11.7. The lowest BCUT2D eigenvalue weighted by atomic mass is 10.4. The van der Waals surface area contributed by atoms with Gasteiger partial charge in [-0.3, -0.25) is 4.72 Å². The second kappa shape index (κ2) is 4.68. The van der Waals surface area contributed by atoms with E-state index in [0.717, 1.165) is 14.4 Å². The lowest BCUT2D eigenvalue weighted by Gasteiger charge is -2.01. The van der Waals surface area contributed by atoms with E-state index in [4.69, 9.17) is 0 Å². The first-order valence-corrected chi connectivity index (χ1v) is 8.51. The SMILES string of the molecule is Cc1nc(NS(=O)(=O)c2ccc(Br)s2)sc1C. The Hall–Kier alpha value is -0.440. The van der Waals surface area contributed by atoms with Crippen LogP contribution in [0.4, 0.5) is 5.13 Å². The van der Waals surface area contributed by atoms with E-state index in [-0.39, 0.29) is 4.21 Å². The molecule has 8 heteroatoms. The number of anilines is 1. The maximum absolute atomic E-state index is 12.0. The van der Waals surface area contributed by atoms with E-state index >= 15 is 0 Å². The highest BCUT2D eigenvalue weighted by Gasteiger charge is 2.18. The molecular formula is C9H9BrN2O2S3. The van der Waals surface area contributed by atoms with Crippen LogP contribution in [0.5, 0.6) is 0 Å². The predicted molar refractivity (Wildman–Crippen MR) is 74.4 cm³/mol. The predicted octanol–water partition coefficient (Wildman–Crippen LogP) is 3.38. The molecule has 0 fully saturated rings. The summed E-state index contributed by atoms with van der Waals surface area (Å²) < 4.78 is 27.5. The third-order valence-electron chi connectivity index (χ3n) is 2.06. The summed E-state index contributed by atoms with van der Waals surface area (Å²) in [5.74, 6) is 0. The summed E-state index contributed by atoms with van der Waals surface area (Å²) in [5, 5.41) is 0.407. The van der Waals surface area contributed by atoms with E-state index in [9.17, 15) is 8.42 Å². The highest BCUT2D eigenvalue weighted by Crippen LogP contribution is 2.29. The van der Waals surface area contributed by atoms with Gasteiger partial charge in [0.15, 0.2) is 5.13 Å². The van der Waals surface area contributed by atoms with Crippen molar-refractivity contribution in [2.45, 2.75) is 18.1 Å². The average Bonchev–Trinajstić information content (AvgIpc) is 2.75. The fourth-order valence-corrected chi connectivity index (χ4v) is 5.18. The number of sulfonamides is 1. The molecule has 2 rings (SSSR count). The van der Waals surface area contributed by atoms with Crippen molar-refractivity contribution in [2.75, 3.05) is 4.72 Å². The smallest absolute Gasteiger partial charge is 0.254 e. The Morgan fingerprint density at radius 1 is 1.29 bits per heavy atom. The van der Waals surface area contributed by atoms with Gasteiger partial charge < -0.3 is 0 Å². The number of thiophene rings is 1. The topological polar surface area (TPSA) is 59.1 Å². The molecule has 0 aromatic carbocycles. The van der Waals surface area contributed by atoms with Crippen molar-refractivity contribution >= 4 is 53.8 Å². The van der Waals surface area contributed by atoms with Crippen molar-refractivity contribution in [1.29, 1.82) is 0 Å². The van der Waals surface area contributed by atoms with Crippen molar-refractivity contribution in [2.24, 2.45) is 0 Å². The molecule has 2 heterocycles. The van der Waals surface area contributed by atoms with Gasteiger partial charge in [-0.1, -0.05) is 0 Å². The van der Waals surface area contributed by atoms with E-state index in [0.29, 0.717) is 5.13 Å². The molecule has 0 spiro atoms. The molecule has 0 atom stereocenters. The van der Waals surface area contributed by atoms with Crippen molar-refractivity contribution < 1.29 is 8.42 Å². The van der Waals surface area contributed by atoms with Crippen molar-refractivity contribution in [3.8, 4) is 0 Å². The number of aromatic nitrogens is 1. The summed E-state index contributed by atoms with van der Waals surface area (Å²) >= 11 is 5.74. The van der Waals surface area contributed by atoms with Crippen LogP contribution in [0, 0.1) is 13.8 Å². The van der Waals surface area contributed by atoms with Gasteiger partial charge in [0.05, 0.1) is 9.48 Å². The Balaban J connectivity index is 2.29. The molecule has 0 aliphatic carbocycles. The van der Waals surface area contributed by atoms with Gasteiger partial charge in [0.25, 0.3) is 10.0 Å². The summed E-state index contributed by atoms with van der Waals surface area (Å²) in [6, 6.07) is 3.27. The molecule has 17 heavy (non-hydrogen) atoms. The van der Waals surface area contributed by atoms with E-state index < -0.39 is 10.0 Å². The number of rotatable bonds is 3. The average molecular weight is 353 g/mol. The minimum absolute atomic E-state index is 0.273. The Morgan fingerprint density at radius 3 is 2.47 bits per heavy atom. The van der Waals surface area contributed by atoms with E-state index in [2.05, 4.69) is 25.6 Å². The zero-order valence-corrected chi connectivity index (χ0v) is 13.1. The van der Waals surface area contributed by atoms with E-state index in [1.807, 2.05) is 13.8 Å². The molecular weight excluding hydrogens is 344 g/mol. The molecule has 0 bridgehead atoms. The highest BCUT2D eigenvalue weighted by atomic mass is 79.9. The van der Waals surface area contributed by atoms with Crippen LogP contribution in [0.3, 0.4) is 0 Å². The van der Waals surface area contributed by atoms with Crippen molar-refractivity contribution in [1.82, 2.24) is 4.98 Å². The summed E-state index contributed by atoms with van der Waals surface area (Å²) in [7, 11) is -3.51. The lowest BCUT2D eigenvalue weighted by molar-refractivity contribution is 0.603. The lowest BCUT2D eigenvalue weighted by Crippen LogP contribution is -2.11. The standard InChI is InChI=1S/C9H9BrN2O2S3/c1-5-6(2)15-9(11-5)12-17(13,14)8-4-3-7(10)16-8/h3-4H,1-2H3,(H,11,12). The molecule has 0 aliphatic heterocycles. The van der Waals surface area contributed by atoms with Gasteiger partial charge in [-0.05, 0) is 41.9 Å². The second-order valence-electron chi connectivity index (χ2n) is 3.32. The Morgan fingerprint density at radius 2 is 2.00 bits per heavy atom. The van der Waals surface area contributed by atoms with Crippen LogP contribution in [0.15, 0.2) is 20.1 Å². The quantitative estimate of drug-likeness (QED) is 0.920. The van der Waals surface area contributed by atoms with Gasteiger partial charge in [0.2, 0.25) is 0 Å². The highest BCUT2D eigenvalue weighted by molar-refractivity contribution is 9.11.